The summed E-state index contributed by atoms with van der Waals surface area (Å²) in [4.78, 5) is 20.9. The number of thiophene rings is 1. The molecule has 1 aromatic carbocycles. The van der Waals surface area contributed by atoms with Gasteiger partial charge in [0.05, 0.1) is 29.1 Å². The van der Waals surface area contributed by atoms with Gasteiger partial charge in [0.25, 0.3) is 5.56 Å². The molecule has 1 aliphatic carbocycles. The Morgan fingerprint density at radius 2 is 2.03 bits per heavy atom. The fourth-order valence-electron chi connectivity index (χ4n) is 3.99. The molecular weight excluding hydrogens is 430 g/mol. The summed E-state index contributed by atoms with van der Waals surface area (Å²) < 4.78 is 12.7. The topological polar surface area (TPSA) is 70.2 Å². The Hall–Kier alpha value is -2.58. The molecule has 4 aromatic rings. The molecule has 1 aliphatic rings. The molecule has 31 heavy (non-hydrogen) atoms. The summed E-state index contributed by atoms with van der Waals surface area (Å²) in [6.07, 6.45) is 4.31. The van der Waals surface area contributed by atoms with Crippen LogP contribution < -0.4 is 10.3 Å². The lowest BCUT2D eigenvalue weighted by Crippen LogP contribution is -2.22. The quantitative estimate of drug-likeness (QED) is 0.291. The van der Waals surface area contributed by atoms with Gasteiger partial charge in [0.2, 0.25) is 0 Å². The molecule has 160 valence electrons. The molecule has 0 bridgehead atoms. The Balaban J connectivity index is 1.63. The van der Waals surface area contributed by atoms with Gasteiger partial charge in [0, 0.05) is 10.9 Å². The van der Waals surface area contributed by atoms with E-state index < -0.39 is 0 Å². The average molecular weight is 454 g/mol. The molecule has 3 heterocycles. The van der Waals surface area contributed by atoms with Crippen LogP contribution in [0.2, 0.25) is 0 Å². The van der Waals surface area contributed by atoms with Gasteiger partial charge >= 0.3 is 0 Å². The molecule has 0 N–H and O–H groups in total. The van der Waals surface area contributed by atoms with E-state index in [1.807, 2.05) is 44.2 Å². The van der Waals surface area contributed by atoms with Crippen LogP contribution >= 0.6 is 23.1 Å². The fourth-order valence-corrected chi connectivity index (χ4v) is 6.18. The van der Waals surface area contributed by atoms with Gasteiger partial charge in [-0.1, -0.05) is 16.9 Å². The first-order chi connectivity index (χ1) is 15.1. The van der Waals surface area contributed by atoms with Crippen LogP contribution in [0.3, 0.4) is 0 Å². The normalized spacial score (nSPS) is 13.5. The molecule has 3 aromatic heterocycles. The van der Waals surface area contributed by atoms with Crippen molar-refractivity contribution in [2.24, 2.45) is 0 Å². The molecule has 0 aliphatic heterocycles. The number of hydrogen-bond donors (Lipinski definition) is 0. The van der Waals surface area contributed by atoms with Crippen molar-refractivity contribution in [1.82, 2.24) is 14.7 Å². The Kier molecular flexibility index (Phi) is 5.58. The van der Waals surface area contributed by atoms with Crippen LogP contribution in [0.4, 0.5) is 0 Å². The van der Waals surface area contributed by atoms with Crippen molar-refractivity contribution in [3.8, 4) is 11.4 Å². The summed E-state index contributed by atoms with van der Waals surface area (Å²) in [5.41, 5.74) is 2.83. The van der Waals surface area contributed by atoms with Gasteiger partial charge in [0.1, 0.15) is 16.3 Å². The van der Waals surface area contributed by atoms with Crippen molar-refractivity contribution < 1.29 is 9.26 Å². The summed E-state index contributed by atoms with van der Waals surface area (Å²) in [5, 5.41) is 5.41. The molecule has 0 spiro atoms. The third-order valence-electron chi connectivity index (χ3n) is 5.38. The van der Waals surface area contributed by atoms with E-state index in [0.717, 1.165) is 52.4 Å². The van der Waals surface area contributed by atoms with Gasteiger partial charge in [0.15, 0.2) is 5.16 Å². The second kappa shape index (κ2) is 8.51. The number of benzene rings is 1. The van der Waals surface area contributed by atoms with E-state index in [1.54, 1.807) is 15.9 Å². The first-order valence-corrected chi connectivity index (χ1v) is 12.3. The van der Waals surface area contributed by atoms with Crippen molar-refractivity contribution in [2.45, 2.75) is 50.4 Å². The molecular formula is C23H23N3O3S2. The van der Waals surface area contributed by atoms with Crippen molar-refractivity contribution in [1.29, 1.82) is 0 Å². The molecule has 0 amide bonds. The number of thioether (sulfide) groups is 1. The summed E-state index contributed by atoms with van der Waals surface area (Å²) in [6, 6.07) is 9.54. The molecule has 0 atom stereocenters. The molecule has 0 saturated carbocycles. The smallest absolute Gasteiger partial charge is 0.267 e. The van der Waals surface area contributed by atoms with E-state index in [1.165, 1.54) is 28.6 Å². The highest BCUT2D eigenvalue weighted by molar-refractivity contribution is 7.98. The maximum absolute atomic E-state index is 13.8. The number of ether oxygens (including phenoxy) is 1. The SMILES string of the molecule is CCOc1ccc(-n2c(SCc3cc(C)no3)nc3sc4c(c3c2=O)CCCC4)cc1. The Morgan fingerprint density at radius 3 is 2.77 bits per heavy atom. The first kappa shape index (κ1) is 20.3. The largest absolute Gasteiger partial charge is 0.494 e. The zero-order chi connectivity index (χ0) is 21.4. The number of aryl methyl sites for hydroxylation is 3. The zero-order valence-corrected chi connectivity index (χ0v) is 19.1. The Bertz CT molecular complexity index is 1290. The number of hydrogen-bond acceptors (Lipinski definition) is 7. The lowest BCUT2D eigenvalue weighted by Gasteiger charge is -2.14. The van der Waals surface area contributed by atoms with Crippen LogP contribution in [0.25, 0.3) is 15.9 Å². The number of rotatable bonds is 6. The molecule has 0 fully saturated rings. The van der Waals surface area contributed by atoms with Gasteiger partial charge in [-0.3, -0.25) is 9.36 Å². The van der Waals surface area contributed by atoms with E-state index in [2.05, 4.69) is 5.16 Å². The van der Waals surface area contributed by atoms with Gasteiger partial charge in [-0.15, -0.1) is 11.3 Å². The highest BCUT2D eigenvalue weighted by atomic mass is 32.2. The van der Waals surface area contributed by atoms with Crippen LogP contribution in [0, 0.1) is 6.92 Å². The molecule has 5 rings (SSSR count). The van der Waals surface area contributed by atoms with Crippen molar-refractivity contribution >= 4 is 33.3 Å². The van der Waals surface area contributed by atoms with Gasteiger partial charge in [-0.2, -0.15) is 0 Å². The van der Waals surface area contributed by atoms with Crippen LogP contribution in [0.1, 0.15) is 41.7 Å². The van der Waals surface area contributed by atoms with E-state index in [4.69, 9.17) is 14.2 Å². The van der Waals surface area contributed by atoms with Crippen LogP contribution in [-0.4, -0.2) is 21.3 Å². The second-order valence-electron chi connectivity index (χ2n) is 7.58. The standard InChI is InChI=1S/C23H23N3O3S2/c1-3-28-16-10-8-15(9-11-16)26-22(27)20-18-6-4-5-7-19(18)31-21(20)24-23(26)30-13-17-12-14(2)25-29-17/h8-12H,3-7,13H2,1-2H3. The van der Waals surface area contributed by atoms with Gasteiger partial charge in [-0.25, -0.2) is 4.98 Å². The van der Waals surface area contributed by atoms with E-state index in [0.29, 0.717) is 17.5 Å². The van der Waals surface area contributed by atoms with Crippen LogP contribution in [0.5, 0.6) is 5.75 Å². The van der Waals surface area contributed by atoms with E-state index >= 15 is 0 Å². The third kappa shape index (κ3) is 3.90. The molecule has 6 nitrogen and oxygen atoms in total. The minimum absolute atomic E-state index is 0.00445. The monoisotopic (exact) mass is 453 g/mol. The predicted molar refractivity (Wildman–Crippen MR) is 124 cm³/mol. The lowest BCUT2D eigenvalue weighted by atomic mass is 9.97. The molecule has 8 heteroatoms. The minimum atomic E-state index is 0.00445. The lowest BCUT2D eigenvalue weighted by molar-refractivity contribution is 0.340. The van der Waals surface area contributed by atoms with Gasteiger partial charge in [-0.05, 0) is 69.4 Å². The van der Waals surface area contributed by atoms with Crippen LogP contribution in [-0.2, 0) is 18.6 Å². The van der Waals surface area contributed by atoms with E-state index in [-0.39, 0.29) is 5.56 Å². The predicted octanol–water partition coefficient (Wildman–Crippen LogP) is 5.31. The number of aromatic nitrogens is 3. The minimum Gasteiger partial charge on any atom is -0.494 e. The van der Waals surface area contributed by atoms with Crippen molar-refractivity contribution in [3.05, 3.63) is 62.6 Å². The molecule has 0 saturated heterocycles. The van der Waals surface area contributed by atoms with Crippen molar-refractivity contribution in [2.75, 3.05) is 6.61 Å². The maximum atomic E-state index is 13.8. The molecule has 0 radical (unpaired) electrons. The zero-order valence-electron chi connectivity index (χ0n) is 17.5. The highest BCUT2D eigenvalue weighted by Gasteiger charge is 2.23. The summed E-state index contributed by atoms with van der Waals surface area (Å²) in [7, 11) is 0. The third-order valence-corrected chi connectivity index (χ3v) is 7.53. The number of nitrogens with zero attached hydrogens (tertiary/aromatic N) is 3. The van der Waals surface area contributed by atoms with Gasteiger partial charge < -0.3 is 9.26 Å². The fraction of sp³-hybridized carbons (Fsp3) is 0.348. The summed E-state index contributed by atoms with van der Waals surface area (Å²) in [6.45, 7) is 4.45. The summed E-state index contributed by atoms with van der Waals surface area (Å²) >= 11 is 3.16. The van der Waals surface area contributed by atoms with Crippen LogP contribution in [0.15, 0.2) is 44.8 Å². The molecule has 0 unspecified atom stereocenters. The maximum Gasteiger partial charge on any atom is 0.267 e. The van der Waals surface area contributed by atoms with Crippen molar-refractivity contribution in [3.63, 3.8) is 0 Å². The Morgan fingerprint density at radius 1 is 1.23 bits per heavy atom. The highest BCUT2D eigenvalue weighted by Crippen LogP contribution is 2.35. The summed E-state index contributed by atoms with van der Waals surface area (Å²) in [5.74, 6) is 2.11. The van der Waals surface area contributed by atoms with E-state index in [9.17, 15) is 4.79 Å². The average Bonchev–Trinajstić information content (AvgIpc) is 3.36. The Labute approximate surface area is 188 Å². The first-order valence-electron chi connectivity index (χ1n) is 10.5. The number of fused-ring (bicyclic) bond motifs is 3. The second-order valence-corrected chi connectivity index (χ2v) is 9.60.